The number of amides is 2. The lowest BCUT2D eigenvalue weighted by Gasteiger charge is -2.17. The van der Waals surface area contributed by atoms with E-state index in [1.165, 1.54) is 4.90 Å². The normalized spacial score (nSPS) is 19.4. The van der Waals surface area contributed by atoms with Crippen molar-refractivity contribution in [2.24, 2.45) is 5.92 Å². The smallest absolute Gasteiger partial charge is 0.310 e. The second-order valence-electron chi connectivity index (χ2n) is 6.43. The predicted octanol–water partition coefficient (Wildman–Crippen LogP) is 2.01. The second-order valence-corrected chi connectivity index (χ2v) is 6.43. The Morgan fingerprint density at radius 3 is 2.52 bits per heavy atom. The standard InChI is InChI=1S/C20H17N3O4/c24-18(14-10-21-16-9-5-4-8-13(14)16)22-17-15(20(26)27)11-23(19(17)25)12-6-2-1-3-7-12/h1-10,15,17,21H,11H2,(H,22,24)(H,26,27). The first-order valence-corrected chi connectivity index (χ1v) is 8.52. The molecule has 3 N–H and O–H groups in total. The van der Waals surface area contributed by atoms with Gasteiger partial charge in [-0.3, -0.25) is 14.4 Å². The SMILES string of the molecule is O=C(NC1C(=O)N(c2ccccc2)CC1C(=O)O)c1c[nH]c2ccccc12. The van der Waals surface area contributed by atoms with Gasteiger partial charge in [0.15, 0.2) is 0 Å². The van der Waals surface area contributed by atoms with E-state index in [0.29, 0.717) is 16.6 Å². The molecule has 27 heavy (non-hydrogen) atoms. The number of carbonyl (C=O) groups is 3. The number of nitrogens with zero attached hydrogens (tertiary/aromatic N) is 1. The number of hydrogen-bond donors (Lipinski definition) is 3. The summed E-state index contributed by atoms with van der Waals surface area (Å²) < 4.78 is 0. The number of carboxylic acid groups (broad SMARTS) is 1. The maximum atomic E-state index is 12.8. The molecule has 136 valence electrons. The molecule has 2 aromatic carbocycles. The number of aromatic nitrogens is 1. The van der Waals surface area contributed by atoms with E-state index in [9.17, 15) is 19.5 Å². The molecule has 1 fully saturated rings. The average Bonchev–Trinajstić information content (AvgIpc) is 3.24. The summed E-state index contributed by atoms with van der Waals surface area (Å²) in [6.07, 6.45) is 1.56. The zero-order valence-corrected chi connectivity index (χ0v) is 14.3. The van der Waals surface area contributed by atoms with Crippen LogP contribution in [-0.4, -0.2) is 40.5 Å². The van der Waals surface area contributed by atoms with Gasteiger partial charge in [-0.1, -0.05) is 36.4 Å². The van der Waals surface area contributed by atoms with Crippen molar-refractivity contribution in [3.8, 4) is 0 Å². The van der Waals surface area contributed by atoms with Gasteiger partial charge in [-0.05, 0) is 18.2 Å². The fraction of sp³-hybridized carbons (Fsp3) is 0.150. The first-order chi connectivity index (χ1) is 13.1. The van der Waals surface area contributed by atoms with Crippen molar-refractivity contribution in [3.05, 3.63) is 66.4 Å². The van der Waals surface area contributed by atoms with E-state index in [1.54, 1.807) is 36.5 Å². The molecule has 2 heterocycles. The fourth-order valence-corrected chi connectivity index (χ4v) is 3.43. The highest BCUT2D eigenvalue weighted by Crippen LogP contribution is 2.26. The Morgan fingerprint density at radius 1 is 1.07 bits per heavy atom. The number of hydrogen-bond acceptors (Lipinski definition) is 3. The molecule has 2 atom stereocenters. The minimum absolute atomic E-state index is 0.0109. The lowest BCUT2D eigenvalue weighted by molar-refractivity contribution is -0.142. The molecule has 2 unspecified atom stereocenters. The number of rotatable bonds is 4. The number of carbonyl (C=O) groups excluding carboxylic acids is 2. The molecule has 3 aromatic rings. The monoisotopic (exact) mass is 363 g/mol. The van der Waals surface area contributed by atoms with E-state index < -0.39 is 29.7 Å². The molecule has 1 aliphatic rings. The van der Waals surface area contributed by atoms with Crippen molar-refractivity contribution in [1.82, 2.24) is 10.3 Å². The molecule has 0 aliphatic carbocycles. The Hall–Kier alpha value is -3.61. The summed E-state index contributed by atoms with van der Waals surface area (Å²) in [4.78, 5) is 41.6. The average molecular weight is 363 g/mol. The number of H-pyrrole nitrogens is 1. The van der Waals surface area contributed by atoms with Crippen LogP contribution in [0.3, 0.4) is 0 Å². The van der Waals surface area contributed by atoms with Crippen molar-refractivity contribution >= 4 is 34.4 Å². The Balaban J connectivity index is 1.62. The maximum absolute atomic E-state index is 12.8. The Kier molecular flexibility index (Phi) is 4.12. The highest BCUT2D eigenvalue weighted by atomic mass is 16.4. The van der Waals surface area contributed by atoms with Gasteiger partial charge >= 0.3 is 5.97 Å². The van der Waals surface area contributed by atoms with Crippen LogP contribution in [0.1, 0.15) is 10.4 Å². The van der Waals surface area contributed by atoms with Crippen molar-refractivity contribution in [1.29, 1.82) is 0 Å². The molecule has 2 amide bonds. The van der Waals surface area contributed by atoms with Crippen LogP contribution in [0.5, 0.6) is 0 Å². The number of benzene rings is 2. The lowest BCUT2D eigenvalue weighted by Crippen LogP contribution is -2.46. The molecule has 0 bridgehead atoms. The summed E-state index contributed by atoms with van der Waals surface area (Å²) in [5, 5.41) is 12.9. The summed E-state index contributed by atoms with van der Waals surface area (Å²) in [5.41, 5.74) is 1.78. The van der Waals surface area contributed by atoms with Gasteiger partial charge in [-0.15, -0.1) is 0 Å². The number of anilines is 1. The quantitative estimate of drug-likeness (QED) is 0.660. The molecule has 7 nitrogen and oxygen atoms in total. The zero-order chi connectivity index (χ0) is 19.0. The molecular weight excluding hydrogens is 346 g/mol. The molecule has 0 spiro atoms. The van der Waals surface area contributed by atoms with Gasteiger partial charge in [0.25, 0.3) is 11.8 Å². The van der Waals surface area contributed by atoms with Crippen LogP contribution in [-0.2, 0) is 9.59 Å². The van der Waals surface area contributed by atoms with Gasteiger partial charge in [0.2, 0.25) is 0 Å². The Morgan fingerprint density at radius 2 is 1.78 bits per heavy atom. The van der Waals surface area contributed by atoms with E-state index in [-0.39, 0.29) is 6.54 Å². The predicted molar refractivity (Wildman–Crippen MR) is 99.5 cm³/mol. The number of aromatic amines is 1. The van der Waals surface area contributed by atoms with Gasteiger partial charge in [0.1, 0.15) is 12.0 Å². The minimum Gasteiger partial charge on any atom is -0.481 e. The van der Waals surface area contributed by atoms with Crippen molar-refractivity contribution in [3.63, 3.8) is 0 Å². The Bertz CT molecular complexity index is 1030. The molecule has 0 saturated carbocycles. The van der Waals surface area contributed by atoms with Crippen molar-refractivity contribution < 1.29 is 19.5 Å². The van der Waals surface area contributed by atoms with Gasteiger partial charge in [0, 0.05) is 29.3 Å². The third kappa shape index (κ3) is 2.93. The second kappa shape index (κ2) is 6.60. The van der Waals surface area contributed by atoms with Gasteiger partial charge in [0.05, 0.1) is 5.56 Å². The minimum atomic E-state index is -1.12. The first-order valence-electron chi connectivity index (χ1n) is 8.52. The van der Waals surface area contributed by atoms with E-state index in [0.717, 1.165) is 5.52 Å². The maximum Gasteiger partial charge on any atom is 0.310 e. The number of para-hydroxylation sites is 2. The highest BCUT2D eigenvalue weighted by Gasteiger charge is 2.46. The first kappa shape index (κ1) is 16.8. The summed E-state index contributed by atoms with van der Waals surface area (Å²) in [6, 6.07) is 15.0. The summed E-state index contributed by atoms with van der Waals surface area (Å²) >= 11 is 0. The number of nitrogens with one attached hydrogen (secondary N) is 2. The lowest BCUT2D eigenvalue weighted by atomic mass is 10.0. The van der Waals surface area contributed by atoms with Gasteiger partial charge < -0.3 is 20.3 Å². The summed E-state index contributed by atoms with van der Waals surface area (Å²) in [5.74, 6) is -3.05. The topological polar surface area (TPSA) is 102 Å². The van der Waals surface area contributed by atoms with Gasteiger partial charge in [-0.25, -0.2) is 0 Å². The van der Waals surface area contributed by atoms with Crippen LogP contribution in [0.2, 0.25) is 0 Å². The molecule has 1 aliphatic heterocycles. The van der Waals surface area contributed by atoms with E-state index >= 15 is 0 Å². The summed E-state index contributed by atoms with van der Waals surface area (Å²) in [6.45, 7) is 0.0109. The number of carboxylic acids is 1. The van der Waals surface area contributed by atoms with Crippen LogP contribution < -0.4 is 10.2 Å². The third-order valence-corrected chi connectivity index (χ3v) is 4.82. The fourth-order valence-electron chi connectivity index (χ4n) is 3.43. The van der Waals surface area contributed by atoms with Crippen LogP contribution in [0.15, 0.2) is 60.8 Å². The third-order valence-electron chi connectivity index (χ3n) is 4.82. The van der Waals surface area contributed by atoms with Crippen molar-refractivity contribution in [2.75, 3.05) is 11.4 Å². The van der Waals surface area contributed by atoms with Crippen molar-refractivity contribution in [2.45, 2.75) is 6.04 Å². The zero-order valence-electron chi connectivity index (χ0n) is 14.3. The highest BCUT2D eigenvalue weighted by molar-refractivity contribution is 6.10. The van der Waals surface area contributed by atoms with E-state index in [1.807, 2.05) is 24.3 Å². The Labute approximate surface area is 154 Å². The van der Waals surface area contributed by atoms with Gasteiger partial charge in [-0.2, -0.15) is 0 Å². The van der Waals surface area contributed by atoms with E-state index in [4.69, 9.17) is 0 Å². The number of fused-ring (bicyclic) bond motifs is 1. The summed E-state index contributed by atoms with van der Waals surface area (Å²) in [7, 11) is 0. The molecule has 1 saturated heterocycles. The van der Waals surface area contributed by atoms with Crippen LogP contribution in [0.4, 0.5) is 5.69 Å². The number of aliphatic carboxylic acids is 1. The van der Waals surface area contributed by atoms with E-state index in [2.05, 4.69) is 10.3 Å². The molecule has 1 aromatic heterocycles. The molecule has 7 heteroatoms. The molecular formula is C20H17N3O4. The largest absolute Gasteiger partial charge is 0.481 e. The van der Waals surface area contributed by atoms with Crippen LogP contribution >= 0.6 is 0 Å². The van der Waals surface area contributed by atoms with Crippen LogP contribution in [0.25, 0.3) is 10.9 Å². The van der Waals surface area contributed by atoms with Crippen LogP contribution in [0, 0.1) is 5.92 Å². The molecule has 4 rings (SSSR count). The molecule has 0 radical (unpaired) electrons.